The molecule has 2 aromatic carbocycles. The molecule has 0 radical (unpaired) electrons. The summed E-state index contributed by atoms with van der Waals surface area (Å²) in [4.78, 5) is 25.1. The first-order chi connectivity index (χ1) is 14.5. The number of methoxy groups -OCH3 is 2. The van der Waals surface area contributed by atoms with E-state index in [-0.39, 0.29) is 23.8 Å². The fourth-order valence-electron chi connectivity index (χ4n) is 3.70. The molecule has 0 saturated carbocycles. The molecule has 158 valence electrons. The Bertz CT molecular complexity index is 889. The van der Waals surface area contributed by atoms with Gasteiger partial charge in [-0.2, -0.15) is 0 Å². The van der Waals surface area contributed by atoms with Gasteiger partial charge in [0.2, 0.25) is 0 Å². The maximum absolute atomic E-state index is 12.6. The molecule has 1 N–H and O–H groups in total. The van der Waals surface area contributed by atoms with Gasteiger partial charge in [-0.25, -0.2) is 0 Å². The number of rotatable bonds is 8. The quantitative estimate of drug-likeness (QED) is 0.531. The number of amides is 1. The third kappa shape index (κ3) is 5.00. The van der Waals surface area contributed by atoms with Gasteiger partial charge in [0.05, 0.1) is 26.7 Å². The fourth-order valence-corrected chi connectivity index (χ4v) is 3.70. The Hall–Kier alpha value is -3.28. The molecule has 6 heteroatoms. The summed E-state index contributed by atoms with van der Waals surface area (Å²) in [6.07, 6.45) is 4.54. The van der Waals surface area contributed by atoms with Crippen LogP contribution >= 0.6 is 0 Å². The van der Waals surface area contributed by atoms with Crippen molar-refractivity contribution in [3.63, 3.8) is 0 Å². The van der Waals surface area contributed by atoms with Gasteiger partial charge in [0.25, 0.3) is 5.91 Å². The third-order valence-electron chi connectivity index (χ3n) is 5.22. The first-order valence-corrected chi connectivity index (χ1v) is 9.99. The second-order valence-corrected chi connectivity index (χ2v) is 7.10. The van der Waals surface area contributed by atoms with Crippen molar-refractivity contribution in [1.29, 1.82) is 0 Å². The van der Waals surface area contributed by atoms with Crippen LogP contribution in [0.1, 0.15) is 35.2 Å². The van der Waals surface area contributed by atoms with Gasteiger partial charge in [-0.05, 0) is 61.2 Å². The van der Waals surface area contributed by atoms with Crippen LogP contribution in [0, 0.1) is 5.92 Å². The summed E-state index contributed by atoms with van der Waals surface area (Å²) in [5.41, 5.74) is 1.42. The molecule has 1 aliphatic rings. The predicted molar refractivity (Wildman–Crippen MR) is 114 cm³/mol. The standard InChI is InChI=1S/C24H27NO5/c1-4-30-21-13-8-17(9-14-21)23(26)25-19-10-5-18(15-19)22(24(27)29-3)16-6-11-20(28-2)12-7-16/h5-14,18-19,22H,4,15H2,1-3H3,(H,25,26)/t18-,19-,22+/m1/s1. The molecule has 1 aliphatic carbocycles. The van der Waals surface area contributed by atoms with Crippen LogP contribution in [-0.2, 0) is 9.53 Å². The summed E-state index contributed by atoms with van der Waals surface area (Å²) in [5, 5.41) is 3.02. The average Bonchev–Trinajstić information content (AvgIpc) is 3.22. The Morgan fingerprint density at radius 1 is 1.00 bits per heavy atom. The Kier molecular flexibility index (Phi) is 7.12. The van der Waals surface area contributed by atoms with Crippen LogP contribution < -0.4 is 14.8 Å². The number of carbonyl (C=O) groups excluding carboxylic acids is 2. The molecule has 0 fully saturated rings. The lowest BCUT2D eigenvalue weighted by molar-refractivity contribution is -0.143. The average molecular weight is 409 g/mol. The van der Waals surface area contributed by atoms with Gasteiger partial charge in [0.15, 0.2) is 0 Å². The number of allylic oxidation sites excluding steroid dienone is 1. The number of carbonyl (C=O) groups is 2. The van der Waals surface area contributed by atoms with E-state index in [1.54, 1.807) is 31.4 Å². The summed E-state index contributed by atoms with van der Waals surface area (Å²) in [7, 11) is 2.99. The first kappa shape index (κ1) is 21.4. The van der Waals surface area contributed by atoms with Gasteiger partial charge in [0.1, 0.15) is 11.5 Å². The van der Waals surface area contributed by atoms with E-state index < -0.39 is 5.92 Å². The normalized spacial score (nSPS) is 18.5. The number of hydrogen-bond acceptors (Lipinski definition) is 5. The summed E-state index contributed by atoms with van der Waals surface area (Å²) in [6, 6.07) is 14.3. The molecule has 0 unspecified atom stereocenters. The van der Waals surface area contributed by atoms with Gasteiger partial charge in [-0.15, -0.1) is 0 Å². The Morgan fingerprint density at radius 2 is 1.67 bits per heavy atom. The van der Waals surface area contributed by atoms with Crippen LogP contribution in [0.5, 0.6) is 11.5 Å². The van der Waals surface area contributed by atoms with Crippen molar-refractivity contribution in [3.8, 4) is 11.5 Å². The van der Waals surface area contributed by atoms with Gasteiger partial charge < -0.3 is 19.5 Å². The maximum atomic E-state index is 12.6. The second-order valence-electron chi connectivity index (χ2n) is 7.10. The zero-order valence-electron chi connectivity index (χ0n) is 17.5. The molecular weight excluding hydrogens is 382 g/mol. The van der Waals surface area contributed by atoms with E-state index in [4.69, 9.17) is 14.2 Å². The smallest absolute Gasteiger partial charge is 0.313 e. The molecule has 30 heavy (non-hydrogen) atoms. The van der Waals surface area contributed by atoms with Crippen LogP contribution in [0.4, 0.5) is 0 Å². The van der Waals surface area contributed by atoms with Crippen LogP contribution in [0.3, 0.4) is 0 Å². The van der Waals surface area contributed by atoms with Crippen molar-refractivity contribution in [2.24, 2.45) is 5.92 Å². The van der Waals surface area contributed by atoms with Gasteiger partial charge in [-0.1, -0.05) is 24.3 Å². The lowest BCUT2D eigenvalue weighted by Gasteiger charge is -2.22. The lowest BCUT2D eigenvalue weighted by atomic mass is 9.85. The molecule has 0 heterocycles. The number of benzene rings is 2. The Morgan fingerprint density at radius 3 is 2.27 bits per heavy atom. The predicted octanol–water partition coefficient (Wildman–Crippen LogP) is 3.73. The SMILES string of the molecule is CCOc1ccc(C(=O)N[C@@H]2C=C[C@@H]([C@@H](C(=O)OC)c3ccc(OC)cc3)C2)cc1. The largest absolute Gasteiger partial charge is 0.497 e. The molecular formula is C24H27NO5. The van der Waals surface area contributed by atoms with Crippen LogP contribution in [0.2, 0.25) is 0 Å². The lowest BCUT2D eigenvalue weighted by Crippen LogP contribution is -2.33. The highest BCUT2D eigenvalue weighted by Gasteiger charge is 2.34. The summed E-state index contributed by atoms with van der Waals surface area (Å²) < 4.78 is 15.7. The molecule has 1 amide bonds. The van der Waals surface area contributed by atoms with Gasteiger partial charge in [0, 0.05) is 11.6 Å². The molecule has 0 aromatic heterocycles. The minimum Gasteiger partial charge on any atom is -0.497 e. The number of esters is 1. The monoisotopic (exact) mass is 409 g/mol. The van der Waals surface area contributed by atoms with Crippen LogP contribution in [-0.4, -0.2) is 38.7 Å². The van der Waals surface area contributed by atoms with E-state index in [2.05, 4.69) is 5.32 Å². The molecule has 0 spiro atoms. The second kappa shape index (κ2) is 9.96. The van der Waals surface area contributed by atoms with E-state index in [1.807, 2.05) is 43.3 Å². The molecule has 2 aromatic rings. The highest BCUT2D eigenvalue weighted by molar-refractivity contribution is 5.94. The van der Waals surface area contributed by atoms with E-state index in [0.29, 0.717) is 18.6 Å². The van der Waals surface area contributed by atoms with E-state index in [9.17, 15) is 9.59 Å². The van der Waals surface area contributed by atoms with Gasteiger partial charge in [-0.3, -0.25) is 9.59 Å². The zero-order chi connectivity index (χ0) is 21.5. The Labute approximate surface area is 176 Å². The molecule has 6 nitrogen and oxygen atoms in total. The summed E-state index contributed by atoms with van der Waals surface area (Å²) in [6.45, 7) is 2.49. The number of hydrogen-bond donors (Lipinski definition) is 1. The minimum atomic E-state index is -0.440. The van der Waals surface area contributed by atoms with Crippen molar-refractivity contribution in [1.82, 2.24) is 5.32 Å². The maximum Gasteiger partial charge on any atom is 0.313 e. The van der Waals surface area contributed by atoms with Crippen molar-refractivity contribution in [2.75, 3.05) is 20.8 Å². The van der Waals surface area contributed by atoms with E-state index in [1.165, 1.54) is 7.11 Å². The van der Waals surface area contributed by atoms with Crippen molar-refractivity contribution in [3.05, 3.63) is 71.8 Å². The topological polar surface area (TPSA) is 73.9 Å². The molecule has 0 aliphatic heterocycles. The van der Waals surface area contributed by atoms with Crippen molar-refractivity contribution in [2.45, 2.75) is 25.3 Å². The van der Waals surface area contributed by atoms with Crippen molar-refractivity contribution < 1.29 is 23.8 Å². The fraction of sp³-hybridized carbons (Fsp3) is 0.333. The zero-order valence-corrected chi connectivity index (χ0v) is 17.5. The molecule has 0 bridgehead atoms. The van der Waals surface area contributed by atoms with Crippen LogP contribution in [0.25, 0.3) is 0 Å². The Balaban J connectivity index is 1.66. The van der Waals surface area contributed by atoms with Gasteiger partial charge >= 0.3 is 5.97 Å². The summed E-state index contributed by atoms with van der Waals surface area (Å²) >= 11 is 0. The molecule has 3 rings (SSSR count). The molecule has 3 atom stereocenters. The first-order valence-electron chi connectivity index (χ1n) is 9.99. The summed E-state index contributed by atoms with van der Waals surface area (Å²) in [5.74, 6) is 0.488. The third-order valence-corrected chi connectivity index (χ3v) is 5.22. The molecule has 0 saturated heterocycles. The van der Waals surface area contributed by atoms with Crippen molar-refractivity contribution >= 4 is 11.9 Å². The number of nitrogens with one attached hydrogen (secondary N) is 1. The minimum absolute atomic E-state index is 0.0727. The van der Waals surface area contributed by atoms with E-state index >= 15 is 0 Å². The highest BCUT2D eigenvalue weighted by Crippen LogP contribution is 2.35. The highest BCUT2D eigenvalue weighted by atomic mass is 16.5. The number of ether oxygens (including phenoxy) is 3. The van der Waals surface area contributed by atoms with E-state index in [0.717, 1.165) is 17.1 Å². The van der Waals surface area contributed by atoms with Crippen LogP contribution in [0.15, 0.2) is 60.7 Å².